The van der Waals surface area contributed by atoms with Crippen LogP contribution in [0.2, 0.25) is 0 Å². The molecule has 0 bridgehead atoms. The molecule has 0 saturated heterocycles. The Morgan fingerprint density at radius 1 is 1.37 bits per heavy atom. The molecule has 0 unspecified atom stereocenters. The van der Waals surface area contributed by atoms with E-state index in [1.54, 1.807) is 31.0 Å². The van der Waals surface area contributed by atoms with Crippen molar-refractivity contribution in [3.05, 3.63) is 47.3 Å². The van der Waals surface area contributed by atoms with Crippen LogP contribution in [0.1, 0.15) is 21.6 Å². The number of carbonyl (C=O) groups is 1. The van der Waals surface area contributed by atoms with Gasteiger partial charge < -0.3 is 10.6 Å². The van der Waals surface area contributed by atoms with Crippen LogP contribution in [0.15, 0.2) is 30.5 Å². The van der Waals surface area contributed by atoms with Crippen LogP contribution in [0.25, 0.3) is 5.69 Å². The fourth-order valence-corrected chi connectivity index (χ4v) is 1.86. The SMILES string of the molecule is Cc1ccc(CN)c(-n2ccc(C(=O)N(C)C)n2)c1. The Morgan fingerprint density at radius 3 is 2.74 bits per heavy atom. The van der Waals surface area contributed by atoms with Gasteiger partial charge in [0.1, 0.15) is 0 Å². The van der Waals surface area contributed by atoms with Crippen LogP contribution in [0.3, 0.4) is 0 Å². The first kappa shape index (κ1) is 13.3. The number of rotatable bonds is 3. The maximum Gasteiger partial charge on any atom is 0.273 e. The molecule has 0 aliphatic rings. The van der Waals surface area contributed by atoms with E-state index in [-0.39, 0.29) is 5.91 Å². The van der Waals surface area contributed by atoms with Crippen molar-refractivity contribution >= 4 is 5.91 Å². The highest BCUT2D eigenvalue weighted by Crippen LogP contribution is 2.16. The van der Waals surface area contributed by atoms with Gasteiger partial charge in [0.2, 0.25) is 0 Å². The molecule has 0 aliphatic heterocycles. The summed E-state index contributed by atoms with van der Waals surface area (Å²) in [7, 11) is 3.42. The maximum atomic E-state index is 11.8. The van der Waals surface area contributed by atoms with Crippen LogP contribution in [0.4, 0.5) is 0 Å². The summed E-state index contributed by atoms with van der Waals surface area (Å²) in [6.07, 6.45) is 1.78. The standard InChI is InChI=1S/C14H18N4O/c1-10-4-5-11(9-15)13(8-10)18-7-6-12(16-18)14(19)17(2)3/h4-8H,9,15H2,1-3H3. The molecular formula is C14H18N4O. The Morgan fingerprint density at radius 2 is 2.11 bits per heavy atom. The van der Waals surface area contributed by atoms with Gasteiger partial charge in [-0.1, -0.05) is 12.1 Å². The van der Waals surface area contributed by atoms with Crippen molar-refractivity contribution in [3.8, 4) is 5.69 Å². The predicted molar refractivity (Wildman–Crippen MR) is 74.2 cm³/mol. The van der Waals surface area contributed by atoms with Gasteiger partial charge in [0.25, 0.3) is 5.91 Å². The Hall–Kier alpha value is -2.14. The average molecular weight is 258 g/mol. The number of carbonyl (C=O) groups excluding carboxylic acids is 1. The van der Waals surface area contributed by atoms with E-state index in [0.717, 1.165) is 16.8 Å². The number of hydrogen-bond donors (Lipinski definition) is 1. The van der Waals surface area contributed by atoms with Gasteiger partial charge in [-0.15, -0.1) is 0 Å². The summed E-state index contributed by atoms with van der Waals surface area (Å²) in [5, 5.41) is 4.32. The van der Waals surface area contributed by atoms with Crippen molar-refractivity contribution < 1.29 is 4.79 Å². The molecule has 2 rings (SSSR count). The van der Waals surface area contributed by atoms with E-state index in [9.17, 15) is 4.79 Å². The van der Waals surface area contributed by atoms with Gasteiger partial charge in [0, 0.05) is 26.8 Å². The zero-order valence-electron chi connectivity index (χ0n) is 11.4. The smallest absolute Gasteiger partial charge is 0.273 e. The van der Waals surface area contributed by atoms with Crippen molar-refractivity contribution in [1.82, 2.24) is 14.7 Å². The molecule has 5 heteroatoms. The fraction of sp³-hybridized carbons (Fsp3) is 0.286. The van der Waals surface area contributed by atoms with Gasteiger partial charge in [-0.3, -0.25) is 4.79 Å². The molecule has 1 heterocycles. The topological polar surface area (TPSA) is 64.2 Å². The van der Waals surface area contributed by atoms with E-state index < -0.39 is 0 Å². The lowest BCUT2D eigenvalue weighted by molar-refractivity contribution is 0.0821. The second-order valence-electron chi connectivity index (χ2n) is 4.68. The van der Waals surface area contributed by atoms with Crippen LogP contribution in [-0.4, -0.2) is 34.7 Å². The first-order valence-corrected chi connectivity index (χ1v) is 6.10. The summed E-state index contributed by atoms with van der Waals surface area (Å²) in [4.78, 5) is 13.3. The van der Waals surface area contributed by atoms with Crippen molar-refractivity contribution in [1.29, 1.82) is 0 Å². The van der Waals surface area contributed by atoms with Crippen molar-refractivity contribution in [3.63, 3.8) is 0 Å². The summed E-state index contributed by atoms with van der Waals surface area (Å²) in [6, 6.07) is 7.73. The van der Waals surface area contributed by atoms with Crippen LogP contribution in [0.5, 0.6) is 0 Å². The van der Waals surface area contributed by atoms with Gasteiger partial charge in [0.15, 0.2) is 5.69 Å². The molecule has 2 N–H and O–H groups in total. The summed E-state index contributed by atoms with van der Waals surface area (Å²) < 4.78 is 1.70. The molecule has 1 amide bonds. The molecule has 5 nitrogen and oxygen atoms in total. The second kappa shape index (κ2) is 5.24. The zero-order valence-corrected chi connectivity index (χ0v) is 11.4. The first-order chi connectivity index (χ1) is 9.02. The molecule has 0 atom stereocenters. The molecule has 19 heavy (non-hydrogen) atoms. The first-order valence-electron chi connectivity index (χ1n) is 6.10. The lowest BCUT2D eigenvalue weighted by Gasteiger charge is -2.10. The number of amides is 1. The molecule has 0 fully saturated rings. The van der Waals surface area contributed by atoms with Gasteiger partial charge in [-0.25, -0.2) is 4.68 Å². The number of aryl methyl sites for hydroxylation is 1. The second-order valence-corrected chi connectivity index (χ2v) is 4.68. The molecule has 1 aromatic heterocycles. The van der Waals surface area contributed by atoms with E-state index in [1.807, 2.05) is 25.1 Å². The molecule has 2 aromatic rings. The Balaban J connectivity index is 2.43. The highest BCUT2D eigenvalue weighted by atomic mass is 16.2. The van der Waals surface area contributed by atoms with E-state index in [2.05, 4.69) is 5.10 Å². The number of aromatic nitrogens is 2. The van der Waals surface area contributed by atoms with Crippen molar-refractivity contribution in [2.45, 2.75) is 13.5 Å². The third kappa shape index (κ3) is 2.66. The summed E-state index contributed by atoms with van der Waals surface area (Å²) in [5.74, 6) is -0.110. The molecule has 0 aliphatic carbocycles. The Labute approximate surface area is 112 Å². The molecule has 1 aromatic carbocycles. The summed E-state index contributed by atoms with van der Waals surface area (Å²) in [6.45, 7) is 2.45. The molecule has 0 radical (unpaired) electrons. The lowest BCUT2D eigenvalue weighted by Crippen LogP contribution is -2.22. The summed E-state index contributed by atoms with van der Waals surface area (Å²) in [5.41, 5.74) is 9.20. The minimum atomic E-state index is -0.110. The van der Waals surface area contributed by atoms with Crippen LogP contribution in [-0.2, 0) is 6.54 Å². The number of hydrogen-bond acceptors (Lipinski definition) is 3. The van der Waals surface area contributed by atoms with E-state index in [0.29, 0.717) is 12.2 Å². The normalized spacial score (nSPS) is 10.5. The van der Waals surface area contributed by atoms with Gasteiger partial charge in [-0.2, -0.15) is 5.10 Å². The number of benzene rings is 1. The highest BCUT2D eigenvalue weighted by Gasteiger charge is 2.13. The summed E-state index contributed by atoms with van der Waals surface area (Å²) >= 11 is 0. The maximum absolute atomic E-state index is 11.8. The molecule has 0 spiro atoms. The Kier molecular flexibility index (Phi) is 3.66. The lowest BCUT2D eigenvalue weighted by atomic mass is 10.1. The molecule has 0 saturated carbocycles. The zero-order chi connectivity index (χ0) is 14.0. The number of nitrogens with zero attached hydrogens (tertiary/aromatic N) is 3. The third-order valence-corrected chi connectivity index (χ3v) is 2.92. The van der Waals surface area contributed by atoms with Gasteiger partial charge in [-0.05, 0) is 30.2 Å². The van der Waals surface area contributed by atoms with Gasteiger partial charge in [0.05, 0.1) is 5.69 Å². The van der Waals surface area contributed by atoms with E-state index >= 15 is 0 Å². The van der Waals surface area contributed by atoms with Crippen LogP contribution in [0, 0.1) is 6.92 Å². The van der Waals surface area contributed by atoms with Crippen molar-refractivity contribution in [2.24, 2.45) is 5.73 Å². The average Bonchev–Trinajstić information content (AvgIpc) is 2.87. The van der Waals surface area contributed by atoms with Gasteiger partial charge >= 0.3 is 0 Å². The number of nitrogens with two attached hydrogens (primary N) is 1. The highest BCUT2D eigenvalue weighted by molar-refractivity contribution is 5.91. The van der Waals surface area contributed by atoms with Crippen LogP contribution < -0.4 is 5.73 Å². The predicted octanol–water partition coefficient (Wildman–Crippen LogP) is 1.34. The van der Waals surface area contributed by atoms with Crippen molar-refractivity contribution in [2.75, 3.05) is 14.1 Å². The largest absolute Gasteiger partial charge is 0.343 e. The monoisotopic (exact) mass is 258 g/mol. The minimum absolute atomic E-state index is 0.110. The Bertz CT molecular complexity index is 601. The quantitative estimate of drug-likeness (QED) is 0.903. The molecular weight excluding hydrogens is 240 g/mol. The van der Waals surface area contributed by atoms with Crippen LogP contribution >= 0.6 is 0 Å². The van der Waals surface area contributed by atoms with E-state index in [4.69, 9.17) is 5.73 Å². The third-order valence-electron chi connectivity index (χ3n) is 2.92. The van der Waals surface area contributed by atoms with E-state index in [1.165, 1.54) is 4.90 Å². The minimum Gasteiger partial charge on any atom is -0.343 e. The fourth-order valence-electron chi connectivity index (χ4n) is 1.86. The molecule has 100 valence electrons.